The molecule has 3 N–H and O–H groups in total. The number of nitrogens with zero attached hydrogens (tertiary/aromatic N) is 1. The molecule has 0 aliphatic carbocycles. The lowest BCUT2D eigenvalue weighted by Crippen LogP contribution is -2.56. The van der Waals surface area contributed by atoms with Crippen molar-refractivity contribution in [2.45, 2.75) is 25.2 Å². The van der Waals surface area contributed by atoms with Gasteiger partial charge in [-0.2, -0.15) is 13.6 Å². The average Bonchev–Trinajstić information content (AvgIpc) is 2.87. The maximum atomic E-state index is 13.0. The molecule has 1 saturated heterocycles. The molecule has 25 heavy (non-hydrogen) atoms. The fourth-order valence-corrected chi connectivity index (χ4v) is 5.89. The van der Waals surface area contributed by atoms with Gasteiger partial charge in [0.25, 0.3) is 0 Å². The second kappa shape index (κ2) is 5.64. The van der Waals surface area contributed by atoms with Crippen LogP contribution < -0.4 is 14.3 Å². The van der Waals surface area contributed by atoms with E-state index in [0.717, 1.165) is 48.4 Å². The second-order valence-corrected chi connectivity index (χ2v) is 8.95. The molecule has 2 aliphatic rings. The summed E-state index contributed by atoms with van der Waals surface area (Å²) in [7, 11) is -3.91. The van der Waals surface area contributed by atoms with E-state index in [4.69, 9.17) is 5.14 Å². The van der Waals surface area contributed by atoms with Crippen molar-refractivity contribution >= 4 is 21.6 Å². The molecule has 2 aromatic rings. The quantitative estimate of drug-likeness (QED) is 0.810. The van der Waals surface area contributed by atoms with Gasteiger partial charge in [-0.05, 0) is 38.4 Å². The van der Waals surface area contributed by atoms with E-state index >= 15 is 0 Å². The van der Waals surface area contributed by atoms with Gasteiger partial charge in [0, 0.05) is 23.8 Å². The molecule has 1 unspecified atom stereocenters. The summed E-state index contributed by atoms with van der Waals surface area (Å²) < 4.78 is 25.7. The zero-order valence-electron chi connectivity index (χ0n) is 14.4. The van der Waals surface area contributed by atoms with Crippen molar-refractivity contribution in [1.29, 1.82) is 0 Å². The van der Waals surface area contributed by atoms with E-state index in [0.29, 0.717) is 6.54 Å². The summed E-state index contributed by atoms with van der Waals surface area (Å²) in [6, 6.07) is 15.6. The molecule has 132 valence electrons. The topological polar surface area (TPSA) is 72.2 Å². The van der Waals surface area contributed by atoms with Crippen LogP contribution in [0, 0.1) is 6.92 Å². The van der Waals surface area contributed by atoms with Gasteiger partial charge in [0.05, 0.1) is 5.41 Å². The third-order valence-corrected chi connectivity index (χ3v) is 7.21. The van der Waals surface area contributed by atoms with E-state index in [2.05, 4.69) is 11.4 Å². The van der Waals surface area contributed by atoms with Crippen molar-refractivity contribution in [2.24, 2.45) is 5.14 Å². The Morgan fingerprint density at radius 3 is 2.48 bits per heavy atom. The first-order valence-electron chi connectivity index (χ1n) is 8.68. The number of piperidine rings is 1. The molecule has 0 saturated carbocycles. The second-order valence-electron chi connectivity index (χ2n) is 7.30. The van der Waals surface area contributed by atoms with Gasteiger partial charge in [-0.15, -0.1) is 3.89 Å². The molecule has 2 aromatic carbocycles. The molecule has 0 amide bonds. The van der Waals surface area contributed by atoms with Crippen LogP contribution in [-0.4, -0.2) is 28.1 Å². The number of rotatable bonds is 2. The number of quaternary nitrogens is 1. The van der Waals surface area contributed by atoms with Crippen molar-refractivity contribution in [3.8, 4) is 0 Å². The molecule has 6 heteroatoms. The van der Waals surface area contributed by atoms with Gasteiger partial charge in [-0.1, -0.05) is 30.3 Å². The first kappa shape index (κ1) is 16.7. The highest BCUT2D eigenvalue weighted by atomic mass is 32.2. The fraction of sp³-hybridized carbons (Fsp3) is 0.368. The van der Waals surface area contributed by atoms with Crippen LogP contribution in [0.3, 0.4) is 0 Å². The van der Waals surface area contributed by atoms with Crippen LogP contribution in [0.2, 0.25) is 0 Å². The SMILES string of the molecule is Cc1cccc([N+]2(S(N)(=O)=O)CC3(CCNCC3)c3ccccc32)c1. The van der Waals surface area contributed by atoms with Crippen molar-refractivity contribution in [2.75, 3.05) is 19.6 Å². The van der Waals surface area contributed by atoms with Gasteiger partial charge in [-0.25, -0.2) is 0 Å². The normalized spacial score (nSPS) is 25.0. The first-order chi connectivity index (χ1) is 11.9. The third kappa shape index (κ3) is 2.36. The standard InChI is InChI=1S/C19H24N3O2S/c1-15-5-4-6-16(13-15)22(25(20,23)24)14-19(9-11-21-12-10-19)17-7-2-3-8-18(17)22/h2-8,13,21H,9-12,14H2,1H3,(H2,20,23,24)/q+1. The molecule has 4 rings (SSSR count). The Kier molecular flexibility index (Phi) is 3.77. The number of para-hydroxylation sites is 1. The summed E-state index contributed by atoms with van der Waals surface area (Å²) in [4.78, 5) is 0. The van der Waals surface area contributed by atoms with E-state index in [-0.39, 0.29) is 9.30 Å². The Balaban J connectivity index is 2.03. The Hall–Kier alpha value is -1.73. The largest absolute Gasteiger partial charge is 0.377 e. The number of nitrogens with one attached hydrogen (secondary N) is 1. The lowest BCUT2D eigenvalue weighted by Gasteiger charge is -2.36. The van der Waals surface area contributed by atoms with E-state index < -0.39 is 10.2 Å². The molecule has 0 radical (unpaired) electrons. The molecule has 2 heterocycles. The van der Waals surface area contributed by atoms with Crippen LogP contribution >= 0.6 is 0 Å². The van der Waals surface area contributed by atoms with Gasteiger partial charge in [0.2, 0.25) is 0 Å². The minimum atomic E-state index is -3.91. The van der Waals surface area contributed by atoms with Crippen LogP contribution in [0.25, 0.3) is 0 Å². The van der Waals surface area contributed by atoms with Gasteiger partial charge < -0.3 is 5.32 Å². The Morgan fingerprint density at radius 1 is 1.08 bits per heavy atom. The van der Waals surface area contributed by atoms with E-state index in [1.165, 1.54) is 0 Å². The van der Waals surface area contributed by atoms with E-state index in [1.54, 1.807) is 0 Å². The summed E-state index contributed by atoms with van der Waals surface area (Å²) in [6.07, 6.45) is 1.84. The Bertz CT molecular complexity index is 920. The molecule has 1 atom stereocenters. The fourth-order valence-electron chi connectivity index (χ4n) is 4.62. The molecule has 1 fully saturated rings. The molecule has 1 spiro atoms. The van der Waals surface area contributed by atoms with Gasteiger partial charge in [0.15, 0.2) is 11.4 Å². The van der Waals surface area contributed by atoms with Crippen molar-refractivity contribution in [3.63, 3.8) is 0 Å². The maximum Gasteiger partial charge on any atom is 0.377 e. The lowest BCUT2D eigenvalue weighted by atomic mass is 9.75. The summed E-state index contributed by atoms with van der Waals surface area (Å²) in [5, 5.41) is 9.29. The molecule has 0 bridgehead atoms. The van der Waals surface area contributed by atoms with E-state index in [9.17, 15) is 8.42 Å². The van der Waals surface area contributed by atoms with Gasteiger partial charge in [0.1, 0.15) is 6.54 Å². The average molecular weight is 358 g/mol. The highest BCUT2D eigenvalue weighted by Crippen LogP contribution is 2.54. The lowest BCUT2D eigenvalue weighted by molar-refractivity contribution is 0.296. The zero-order valence-corrected chi connectivity index (χ0v) is 15.2. The predicted molar refractivity (Wildman–Crippen MR) is 101 cm³/mol. The molecular formula is C19H24N3O2S+. The number of fused-ring (bicyclic) bond motifs is 2. The van der Waals surface area contributed by atoms with Crippen molar-refractivity contribution in [3.05, 3.63) is 59.7 Å². The molecule has 5 nitrogen and oxygen atoms in total. The van der Waals surface area contributed by atoms with Crippen molar-refractivity contribution < 1.29 is 8.42 Å². The number of benzene rings is 2. The smallest absolute Gasteiger partial charge is 0.317 e. The number of nitrogens with two attached hydrogens (primary N) is 1. The molecule has 2 aliphatic heterocycles. The highest BCUT2D eigenvalue weighted by molar-refractivity contribution is 7.89. The van der Waals surface area contributed by atoms with Crippen LogP contribution in [0.5, 0.6) is 0 Å². The van der Waals surface area contributed by atoms with Crippen LogP contribution in [0.1, 0.15) is 24.0 Å². The summed E-state index contributed by atoms with van der Waals surface area (Å²) in [5.41, 5.74) is 3.54. The van der Waals surface area contributed by atoms with Crippen LogP contribution in [0.15, 0.2) is 48.5 Å². The predicted octanol–water partition coefficient (Wildman–Crippen LogP) is 2.47. The molecular weight excluding hydrogens is 334 g/mol. The Morgan fingerprint density at radius 2 is 1.80 bits per heavy atom. The van der Waals surface area contributed by atoms with Crippen LogP contribution in [0.4, 0.5) is 11.4 Å². The summed E-state index contributed by atoms with van der Waals surface area (Å²) >= 11 is 0. The minimum absolute atomic E-state index is 0.155. The maximum absolute atomic E-state index is 13.0. The van der Waals surface area contributed by atoms with Crippen molar-refractivity contribution in [1.82, 2.24) is 9.21 Å². The van der Waals surface area contributed by atoms with Crippen LogP contribution in [-0.2, 0) is 15.6 Å². The van der Waals surface area contributed by atoms with Gasteiger partial charge >= 0.3 is 10.2 Å². The van der Waals surface area contributed by atoms with Gasteiger partial charge in [-0.3, -0.25) is 0 Å². The van der Waals surface area contributed by atoms with E-state index in [1.807, 2.05) is 49.4 Å². The third-order valence-electron chi connectivity index (χ3n) is 5.80. The zero-order chi connectivity index (χ0) is 17.7. The Labute approximate surface area is 149 Å². The minimum Gasteiger partial charge on any atom is -0.317 e. The number of hydrogen-bond donors (Lipinski definition) is 2. The molecule has 0 aromatic heterocycles. The first-order valence-corrected chi connectivity index (χ1v) is 10.2. The monoisotopic (exact) mass is 358 g/mol. The number of aryl methyl sites for hydroxylation is 1. The summed E-state index contributed by atoms with van der Waals surface area (Å²) in [5.74, 6) is 0. The summed E-state index contributed by atoms with van der Waals surface area (Å²) in [6.45, 7) is 4.24. The number of hydrogen-bond acceptors (Lipinski definition) is 3. The highest BCUT2D eigenvalue weighted by Gasteiger charge is 2.60.